The first-order valence-electron chi connectivity index (χ1n) is 7.74. The van der Waals surface area contributed by atoms with Gasteiger partial charge in [0, 0.05) is 10.9 Å². The molecular weight excluding hydrogens is 286 g/mol. The summed E-state index contributed by atoms with van der Waals surface area (Å²) in [7, 11) is 0. The summed E-state index contributed by atoms with van der Waals surface area (Å²) in [6.07, 6.45) is 0.869. The predicted octanol–water partition coefficient (Wildman–Crippen LogP) is 4.78. The van der Waals surface area contributed by atoms with Crippen LogP contribution in [0, 0.1) is 13.8 Å². The van der Waals surface area contributed by atoms with Gasteiger partial charge < -0.3 is 5.11 Å². The number of aromatic nitrogens is 1. The molecule has 3 aromatic rings. The minimum atomic E-state index is -0.921. The van der Waals surface area contributed by atoms with E-state index in [2.05, 4.69) is 24.9 Å². The summed E-state index contributed by atoms with van der Waals surface area (Å²) >= 11 is 0. The number of hydrogen-bond acceptors (Lipinski definition) is 2. The van der Waals surface area contributed by atoms with Crippen molar-refractivity contribution in [2.24, 2.45) is 0 Å². The fourth-order valence-electron chi connectivity index (χ4n) is 2.72. The Balaban J connectivity index is 2.26. The lowest BCUT2D eigenvalue weighted by molar-refractivity contribution is 0.0699. The molecule has 0 amide bonds. The van der Waals surface area contributed by atoms with E-state index in [1.807, 2.05) is 37.3 Å². The van der Waals surface area contributed by atoms with Gasteiger partial charge in [-0.1, -0.05) is 25.1 Å². The molecule has 3 nitrogen and oxygen atoms in total. The fraction of sp³-hybridized carbons (Fsp3) is 0.200. The molecule has 1 N–H and O–H groups in total. The van der Waals surface area contributed by atoms with Crippen molar-refractivity contribution in [3.05, 3.63) is 64.7 Å². The molecule has 0 spiro atoms. The second-order valence-corrected chi connectivity index (χ2v) is 5.86. The Bertz CT molecular complexity index is 913. The van der Waals surface area contributed by atoms with Crippen LogP contribution in [-0.2, 0) is 6.42 Å². The molecule has 0 unspecified atom stereocenters. The van der Waals surface area contributed by atoms with Gasteiger partial charge in [0.1, 0.15) is 0 Å². The SMILES string of the molecule is CCc1ccc2nc(-c3ccc(C)c(C)c3)cc(C(=O)O)c2c1. The molecule has 23 heavy (non-hydrogen) atoms. The summed E-state index contributed by atoms with van der Waals surface area (Å²) in [5.41, 5.74) is 6.15. The number of nitrogens with zero attached hydrogens (tertiary/aromatic N) is 1. The van der Waals surface area contributed by atoms with Crippen LogP contribution < -0.4 is 0 Å². The quantitative estimate of drug-likeness (QED) is 0.757. The number of hydrogen-bond donors (Lipinski definition) is 1. The van der Waals surface area contributed by atoms with E-state index < -0.39 is 5.97 Å². The maximum absolute atomic E-state index is 11.7. The van der Waals surface area contributed by atoms with Gasteiger partial charge in [0.2, 0.25) is 0 Å². The molecule has 0 saturated heterocycles. The molecule has 0 saturated carbocycles. The Hall–Kier alpha value is -2.68. The minimum absolute atomic E-state index is 0.304. The van der Waals surface area contributed by atoms with E-state index in [1.54, 1.807) is 6.07 Å². The average Bonchev–Trinajstić information content (AvgIpc) is 2.55. The largest absolute Gasteiger partial charge is 0.478 e. The van der Waals surface area contributed by atoms with E-state index >= 15 is 0 Å². The van der Waals surface area contributed by atoms with Crippen LogP contribution in [-0.4, -0.2) is 16.1 Å². The van der Waals surface area contributed by atoms with Crippen molar-refractivity contribution < 1.29 is 9.90 Å². The zero-order valence-corrected chi connectivity index (χ0v) is 13.6. The third kappa shape index (κ3) is 2.82. The van der Waals surface area contributed by atoms with Crippen LogP contribution in [0.15, 0.2) is 42.5 Å². The molecule has 0 aliphatic rings. The molecule has 3 rings (SSSR count). The first-order valence-corrected chi connectivity index (χ1v) is 7.74. The van der Waals surface area contributed by atoms with Crippen LogP contribution >= 0.6 is 0 Å². The molecule has 1 aromatic heterocycles. The Morgan fingerprint density at radius 2 is 1.83 bits per heavy atom. The van der Waals surface area contributed by atoms with E-state index in [1.165, 1.54) is 11.1 Å². The number of carboxylic acid groups (broad SMARTS) is 1. The number of rotatable bonds is 3. The Kier molecular flexibility index (Phi) is 3.87. The van der Waals surface area contributed by atoms with Crippen molar-refractivity contribution in [3.63, 3.8) is 0 Å². The lowest BCUT2D eigenvalue weighted by Gasteiger charge is -2.10. The topological polar surface area (TPSA) is 50.2 Å². The standard InChI is InChI=1S/C20H19NO2/c1-4-14-6-8-18-16(10-14)17(20(22)23)11-19(21-18)15-7-5-12(2)13(3)9-15/h5-11H,4H2,1-3H3,(H,22,23). The number of aryl methyl sites for hydroxylation is 3. The zero-order valence-electron chi connectivity index (χ0n) is 13.6. The Labute approximate surface area is 135 Å². The summed E-state index contributed by atoms with van der Waals surface area (Å²) in [4.78, 5) is 16.4. The van der Waals surface area contributed by atoms with Crippen molar-refractivity contribution in [1.82, 2.24) is 4.98 Å². The maximum atomic E-state index is 11.7. The van der Waals surface area contributed by atoms with Crippen LogP contribution in [0.1, 0.15) is 34.0 Å². The molecule has 0 fully saturated rings. The Morgan fingerprint density at radius 3 is 2.48 bits per heavy atom. The summed E-state index contributed by atoms with van der Waals surface area (Å²) < 4.78 is 0. The van der Waals surface area contributed by atoms with Gasteiger partial charge in [-0.15, -0.1) is 0 Å². The summed E-state index contributed by atoms with van der Waals surface area (Å²) in [6, 6.07) is 13.6. The molecular formula is C20H19NO2. The van der Waals surface area contributed by atoms with E-state index in [-0.39, 0.29) is 0 Å². The predicted molar refractivity (Wildman–Crippen MR) is 93.0 cm³/mol. The molecule has 1 heterocycles. The van der Waals surface area contributed by atoms with Gasteiger partial charge in [0.15, 0.2) is 0 Å². The van der Waals surface area contributed by atoms with Gasteiger partial charge in [0.05, 0.1) is 16.8 Å². The van der Waals surface area contributed by atoms with Crippen LogP contribution in [0.3, 0.4) is 0 Å². The molecule has 0 bridgehead atoms. The molecule has 0 atom stereocenters. The summed E-state index contributed by atoms with van der Waals surface area (Å²) in [6.45, 7) is 6.16. The normalized spacial score (nSPS) is 10.9. The van der Waals surface area contributed by atoms with Gasteiger partial charge in [-0.25, -0.2) is 9.78 Å². The molecule has 3 heteroatoms. The first kappa shape index (κ1) is 15.2. The Morgan fingerprint density at radius 1 is 1.04 bits per heavy atom. The number of fused-ring (bicyclic) bond motifs is 1. The van der Waals surface area contributed by atoms with Gasteiger partial charge in [-0.05, 0) is 61.2 Å². The number of aromatic carboxylic acids is 1. The van der Waals surface area contributed by atoms with Crippen LogP contribution in [0.4, 0.5) is 0 Å². The van der Waals surface area contributed by atoms with Crippen LogP contribution in [0.5, 0.6) is 0 Å². The molecule has 0 aliphatic heterocycles. The highest BCUT2D eigenvalue weighted by Crippen LogP contribution is 2.27. The van der Waals surface area contributed by atoms with E-state index in [0.717, 1.165) is 23.1 Å². The van der Waals surface area contributed by atoms with Crippen LogP contribution in [0.2, 0.25) is 0 Å². The summed E-state index contributed by atoms with van der Waals surface area (Å²) in [5, 5.41) is 10.3. The zero-order chi connectivity index (χ0) is 16.6. The fourth-order valence-corrected chi connectivity index (χ4v) is 2.72. The average molecular weight is 305 g/mol. The van der Waals surface area contributed by atoms with Gasteiger partial charge in [-0.2, -0.15) is 0 Å². The van der Waals surface area contributed by atoms with E-state index in [9.17, 15) is 9.90 Å². The number of carbonyl (C=O) groups is 1. The van der Waals surface area contributed by atoms with Gasteiger partial charge in [0.25, 0.3) is 0 Å². The van der Waals surface area contributed by atoms with Crippen molar-refractivity contribution in [1.29, 1.82) is 0 Å². The molecule has 0 radical (unpaired) electrons. The number of pyridine rings is 1. The molecule has 2 aromatic carbocycles. The van der Waals surface area contributed by atoms with Crippen molar-refractivity contribution in [3.8, 4) is 11.3 Å². The van der Waals surface area contributed by atoms with Crippen LogP contribution in [0.25, 0.3) is 22.2 Å². The van der Waals surface area contributed by atoms with E-state index in [4.69, 9.17) is 0 Å². The highest BCUT2D eigenvalue weighted by atomic mass is 16.4. The second-order valence-electron chi connectivity index (χ2n) is 5.86. The van der Waals surface area contributed by atoms with Crippen molar-refractivity contribution in [2.45, 2.75) is 27.2 Å². The van der Waals surface area contributed by atoms with E-state index in [0.29, 0.717) is 16.6 Å². The maximum Gasteiger partial charge on any atom is 0.336 e. The van der Waals surface area contributed by atoms with Gasteiger partial charge >= 0.3 is 5.97 Å². The highest BCUT2D eigenvalue weighted by molar-refractivity contribution is 6.04. The lowest BCUT2D eigenvalue weighted by atomic mass is 9.99. The smallest absolute Gasteiger partial charge is 0.336 e. The third-order valence-electron chi connectivity index (χ3n) is 4.31. The van der Waals surface area contributed by atoms with Gasteiger partial charge in [-0.3, -0.25) is 0 Å². The lowest BCUT2D eigenvalue weighted by Crippen LogP contribution is -2.01. The molecule has 0 aliphatic carbocycles. The van der Waals surface area contributed by atoms with Crippen molar-refractivity contribution >= 4 is 16.9 Å². The highest BCUT2D eigenvalue weighted by Gasteiger charge is 2.13. The monoisotopic (exact) mass is 305 g/mol. The summed E-state index contributed by atoms with van der Waals surface area (Å²) in [5.74, 6) is -0.921. The number of carboxylic acids is 1. The minimum Gasteiger partial charge on any atom is -0.478 e. The second kappa shape index (κ2) is 5.84. The van der Waals surface area contributed by atoms with Crippen molar-refractivity contribution in [2.75, 3.05) is 0 Å². The number of benzene rings is 2. The first-order chi connectivity index (χ1) is 11.0. The molecule has 116 valence electrons. The third-order valence-corrected chi connectivity index (χ3v) is 4.31.